The van der Waals surface area contributed by atoms with Crippen molar-refractivity contribution in [2.24, 2.45) is 5.92 Å². The first-order chi connectivity index (χ1) is 10.1. The van der Waals surface area contributed by atoms with Gasteiger partial charge in [-0.3, -0.25) is 9.59 Å². The maximum Gasteiger partial charge on any atom is 0.310 e. The summed E-state index contributed by atoms with van der Waals surface area (Å²) in [7, 11) is 0. The highest BCUT2D eigenvalue weighted by atomic mass is 32.2. The number of hydrogen-bond acceptors (Lipinski definition) is 7. The zero-order valence-electron chi connectivity index (χ0n) is 12.2. The van der Waals surface area contributed by atoms with Gasteiger partial charge in [0.1, 0.15) is 0 Å². The van der Waals surface area contributed by atoms with Crippen molar-refractivity contribution in [1.29, 1.82) is 0 Å². The Balaban J connectivity index is 1.82. The highest BCUT2D eigenvalue weighted by molar-refractivity contribution is 7.99. The van der Waals surface area contributed by atoms with Crippen LogP contribution in [0.25, 0.3) is 0 Å². The lowest BCUT2D eigenvalue weighted by atomic mass is 9.98. The summed E-state index contributed by atoms with van der Waals surface area (Å²) in [4.78, 5) is 25.6. The number of piperidine rings is 1. The zero-order valence-corrected chi connectivity index (χ0v) is 13.0. The Kier molecular flexibility index (Phi) is 5.60. The molecule has 116 valence electrons. The summed E-state index contributed by atoms with van der Waals surface area (Å²) < 4.78 is 10.2. The minimum Gasteiger partial charge on any atom is -0.466 e. The number of hydrogen-bond donors (Lipinski definition) is 0. The molecule has 1 amide bonds. The lowest BCUT2D eigenvalue weighted by Gasteiger charge is -2.31. The normalized spacial score (nSPS) is 18.6. The van der Waals surface area contributed by atoms with Gasteiger partial charge < -0.3 is 14.1 Å². The first-order valence-electron chi connectivity index (χ1n) is 6.97. The number of nitrogens with zero attached hydrogens (tertiary/aromatic N) is 3. The van der Waals surface area contributed by atoms with Crippen LogP contribution in [-0.2, 0) is 14.3 Å². The molecule has 0 N–H and O–H groups in total. The van der Waals surface area contributed by atoms with Gasteiger partial charge in [-0.25, -0.2) is 0 Å². The van der Waals surface area contributed by atoms with E-state index in [4.69, 9.17) is 9.15 Å². The number of carbonyl (C=O) groups excluding carboxylic acids is 2. The summed E-state index contributed by atoms with van der Waals surface area (Å²) in [6, 6.07) is 0. The lowest BCUT2D eigenvalue weighted by molar-refractivity contribution is -0.151. The fourth-order valence-corrected chi connectivity index (χ4v) is 2.92. The van der Waals surface area contributed by atoms with Crippen molar-refractivity contribution in [2.45, 2.75) is 31.9 Å². The van der Waals surface area contributed by atoms with E-state index in [0.29, 0.717) is 30.8 Å². The van der Waals surface area contributed by atoms with E-state index in [0.717, 1.165) is 12.8 Å². The van der Waals surface area contributed by atoms with Crippen molar-refractivity contribution in [1.82, 2.24) is 15.1 Å². The Morgan fingerprint density at radius 3 is 2.95 bits per heavy atom. The van der Waals surface area contributed by atoms with Crippen LogP contribution in [0.5, 0.6) is 0 Å². The fraction of sp³-hybridized carbons (Fsp3) is 0.692. The molecule has 2 rings (SSSR count). The van der Waals surface area contributed by atoms with E-state index in [-0.39, 0.29) is 23.5 Å². The third-order valence-corrected chi connectivity index (χ3v) is 4.02. The Morgan fingerprint density at radius 1 is 1.48 bits per heavy atom. The maximum atomic E-state index is 12.2. The van der Waals surface area contributed by atoms with Crippen LogP contribution in [0.4, 0.5) is 0 Å². The van der Waals surface area contributed by atoms with Gasteiger partial charge in [0.2, 0.25) is 11.8 Å². The van der Waals surface area contributed by atoms with Gasteiger partial charge in [0.05, 0.1) is 18.3 Å². The standard InChI is InChI=1S/C13H19N3O4S/c1-3-19-12(18)10-5-4-6-16(7-10)11(17)8-21-13-15-14-9(2)20-13/h10H,3-8H2,1-2H3. The number of carbonyl (C=O) groups is 2. The van der Waals surface area contributed by atoms with Gasteiger partial charge >= 0.3 is 5.97 Å². The van der Waals surface area contributed by atoms with Crippen LogP contribution in [0.1, 0.15) is 25.7 Å². The van der Waals surface area contributed by atoms with Crippen molar-refractivity contribution >= 4 is 23.6 Å². The third kappa shape index (κ3) is 4.45. The van der Waals surface area contributed by atoms with Gasteiger partial charge in [-0.15, -0.1) is 10.2 Å². The topological polar surface area (TPSA) is 85.5 Å². The summed E-state index contributed by atoms with van der Waals surface area (Å²) in [5.74, 6) is 0.264. The molecule has 0 spiro atoms. The predicted octanol–water partition coefficient (Wildman–Crippen LogP) is 1.27. The van der Waals surface area contributed by atoms with E-state index in [2.05, 4.69) is 10.2 Å². The quantitative estimate of drug-likeness (QED) is 0.597. The third-order valence-electron chi connectivity index (χ3n) is 3.22. The molecule has 1 aromatic heterocycles. The second-order valence-electron chi connectivity index (χ2n) is 4.81. The molecule has 0 aliphatic carbocycles. The van der Waals surface area contributed by atoms with Crippen LogP contribution in [0.15, 0.2) is 9.64 Å². The minimum absolute atomic E-state index is 0.0233. The summed E-state index contributed by atoms with van der Waals surface area (Å²) in [5.41, 5.74) is 0. The second kappa shape index (κ2) is 7.44. The number of esters is 1. The van der Waals surface area contributed by atoms with Gasteiger partial charge in [0.15, 0.2) is 0 Å². The van der Waals surface area contributed by atoms with E-state index in [1.54, 1.807) is 18.7 Å². The molecule has 0 aromatic carbocycles. The molecule has 0 saturated carbocycles. The summed E-state index contributed by atoms with van der Waals surface area (Å²) in [6.45, 7) is 4.97. The van der Waals surface area contributed by atoms with E-state index in [1.807, 2.05) is 0 Å². The van der Waals surface area contributed by atoms with E-state index in [1.165, 1.54) is 11.8 Å². The largest absolute Gasteiger partial charge is 0.466 e. The number of likely N-dealkylation sites (tertiary alicyclic amines) is 1. The second-order valence-corrected chi connectivity index (χ2v) is 5.73. The molecule has 8 heteroatoms. The predicted molar refractivity (Wildman–Crippen MR) is 75.7 cm³/mol. The van der Waals surface area contributed by atoms with Crippen LogP contribution in [-0.4, -0.2) is 52.4 Å². The van der Waals surface area contributed by atoms with Gasteiger partial charge in [0.25, 0.3) is 5.22 Å². The number of amides is 1. The van der Waals surface area contributed by atoms with E-state index >= 15 is 0 Å². The zero-order chi connectivity index (χ0) is 15.2. The average Bonchev–Trinajstić information content (AvgIpc) is 2.91. The fourth-order valence-electron chi connectivity index (χ4n) is 2.21. The summed E-state index contributed by atoms with van der Waals surface area (Å²) >= 11 is 1.22. The number of ether oxygens (including phenoxy) is 1. The average molecular weight is 313 g/mol. The van der Waals surface area contributed by atoms with Crippen molar-refractivity contribution in [3.05, 3.63) is 5.89 Å². The van der Waals surface area contributed by atoms with Gasteiger partial charge in [0, 0.05) is 20.0 Å². The highest BCUT2D eigenvalue weighted by Gasteiger charge is 2.29. The van der Waals surface area contributed by atoms with Crippen LogP contribution >= 0.6 is 11.8 Å². The van der Waals surface area contributed by atoms with Crippen molar-refractivity contribution in [2.75, 3.05) is 25.4 Å². The lowest BCUT2D eigenvalue weighted by Crippen LogP contribution is -2.43. The number of thioether (sulfide) groups is 1. The summed E-state index contributed by atoms with van der Waals surface area (Å²) in [5, 5.41) is 7.93. The number of rotatable bonds is 5. The SMILES string of the molecule is CCOC(=O)C1CCCN(C(=O)CSc2nnc(C)o2)C1. The highest BCUT2D eigenvalue weighted by Crippen LogP contribution is 2.21. The van der Waals surface area contributed by atoms with Gasteiger partial charge in [-0.1, -0.05) is 11.8 Å². The first kappa shape index (κ1) is 15.8. The van der Waals surface area contributed by atoms with Crippen molar-refractivity contribution < 1.29 is 18.7 Å². The molecule has 2 heterocycles. The van der Waals surface area contributed by atoms with Gasteiger partial charge in [-0.05, 0) is 19.8 Å². The van der Waals surface area contributed by atoms with Gasteiger partial charge in [-0.2, -0.15) is 0 Å². The molecular weight excluding hydrogens is 294 g/mol. The Labute approximate surface area is 127 Å². The molecule has 1 aliphatic heterocycles. The van der Waals surface area contributed by atoms with Crippen molar-refractivity contribution in [3.8, 4) is 0 Å². The molecule has 7 nitrogen and oxygen atoms in total. The first-order valence-corrected chi connectivity index (χ1v) is 7.96. The molecule has 1 aliphatic rings. The molecule has 1 aromatic rings. The van der Waals surface area contributed by atoms with Crippen molar-refractivity contribution in [3.63, 3.8) is 0 Å². The minimum atomic E-state index is -0.213. The van der Waals surface area contributed by atoms with Crippen LogP contribution < -0.4 is 0 Å². The molecule has 0 bridgehead atoms. The molecule has 1 saturated heterocycles. The molecule has 1 fully saturated rings. The number of aryl methyl sites for hydroxylation is 1. The maximum absolute atomic E-state index is 12.2. The van der Waals surface area contributed by atoms with E-state index < -0.39 is 0 Å². The Morgan fingerprint density at radius 2 is 2.29 bits per heavy atom. The van der Waals surface area contributed by atoms with E-state index in [9.17, 15) is 9.59 Å². The number of aromatic nitrogens is 2. The monoisotopic (exact) mass is 313 g/mol. The molecule has 21 heavy (non-hydrogen) atoms. The molecule has 0 radical (unpaired) electrons. The smallest absolute Gasteiger partial charge is 0.310 e. The van der Waals surface area contributed by atoms with Crippen LogP contribution in [0.2, 0.25) is 0 Å². The molecular formula is C13H19N3O4S. The Bertz CT molecular complexity index is 505. The molecule has 1 atom stereocenters. The Hall–Kier alpha value is -1.57. The van der Waals surface area contributed by atoms with Crippen LogP contribution in [0.3, 0.4) is 0 Å². The van der Waals surface area contributed by atoms with Crippen LogP contribution in [0, 0.1) is 12.8 Å². The molecule has 1 unspecified atom stereocenters. The summed E-state index contributed by atoms with van der Waals surface area (Å²) in [6.07, 6.45) is 1.60.